The molecule has 1 fully saturated rings. The summed E-state index contributed by atoms with van der Waals surface area (Å²) in [4.78, 5) is 59.6. The molecular formula is C27H26BrFN8O3. The Morgan fingerprint density at radius 3 is 2.55 bits per heavy atom. The fraction of sp³-hybridized carbons (Fsp3) is 0.333. The molecule has 0 radical (unpaired) electrons. The first-order chi connectivity index (χ1) is 19.1. The lowest BCUT2D eigenvalue weighted by molar-refractivity contribution is -0.132. The van der Waals surface area contributed by atoms with Crippen LogP contribution in [0.4, 0.5) is 4.39 Å². The Bertz CT molecular complexity index is 1610. The number of pyridine rings is 2. The van der Waals surface area contributed by atoms with E-state index in [9.17, 15) is 18.8 Å². The fourth-order valence-corrected chi connectivity index (χ4v) is 5.05. The minimum absolute atomic E-state index is 0.113. The van der Waals surface area contributed by atoms with Crippen molar-refractivity contribution >= 4 is 44.3 Å². The van der Waals surface area contributed by atoms with Crippen molar-refractivity contribution in [2.45, 2.75) is 38.6 Å². The summed E-state index contributed by atoms with van der Waals surface area (Å²) in [5.74, 6) is -0.558. The number of Topliss-reactive ketones (excluding diaryl/α,β-unsaturated/α-hetero) is 2. The van der Waals surface area contributed by atoms with E-state index in [0.29, 0.717) is 39.1 Å². The summed E-state index contributed by atoms with van der Waals surface area (Å²) in [6.45, 7) is 1.47. The lowest BCUT2D eigenvalue weighted by atomic mass is 10.1. The van der Waals surface area contributed by atoms with Crippen LogP contribution in [0, 0.1) is 0 Å². The highest BCUT2D eigenvalue weighted by Crippen LogP contribution is 2.27. The molecule has 1 amide bonds. The van der Waals surface area contributed by atoms with Crippen molar-refractivity contribution in [2.24, 2.45) is 0 Å². The van der Waals surface area contributed by atoms with Crippen LogP contribution in [0.3, 0.4) is 0 Å². The van der Waals surface area contributed by atoms with Gasteiger partial charge in [-0.2, -0.15) is 5.10 Å². The predicted molar refractivity (Wildman–Crippen MR) is 147 cm³/mol. The van der Waals surface area contributed by atoms with E-state index >= 15 is 0 Å². The Morgan fingerprint density at radius 2 is 1.88 bits per heavy atom. The molecule has 1 aliphatic heterocycles. The highest BCUT2D eigenvalue weighted by atomic mass is 79.9. The van der Waals surface area contributed by atoms with Gasteiger partial charge >= 0.3 is 0 Å². The van der Waals surface area contributed by atoms with Gasteiger partial charge in [0.15, 0.2) is 5.78 Å². The molecule has 5 heterocycles. The maximum absolute atomic E-state index is 14.5. The molecule has 2 atom stereocenters. The van der Waals surface area contributed by atoms with E-state index in [4.69, 9.17) is 0 Å². The number of hydrogen-bond donors (Lipinski definition) is 0. The van der Waals surface area contributed by atoms with Crippen molar-refractivity contribution < 1.29 is 18.8 Å². The number of nitrogens with zero attached hydrogens (tertiary/aromatic N) is 8. The molecule has 11 nitrogen and oxygen atoms in total. The van der Waals surface area contributed by atoms with Gasteiger partial charge in [0.2, 0.25) is 11.7 Å². The van der Waals surface area contributed by atoms with E-state index in [1.165, 1.54) is 28.8 Å². The number of ketones is 2. The van der Waals surface area contributed by atoms with Gasteiger partial charge in [0.05, 0.1) is 36.5 Å². The molecule has 0 aliphatic carbocycles. The van der Waals surface area contributed by atoms with E-state index in [2.05, 4.69) is 41.0 Å². The number of rotatable bonds is 8. The molecule has 1 saturated heterocycles. The second-order valence-corrected chi connectivity index (χ2v) is 10.7. The Hall–Kier alpha value is -3.97. The van der Waals surface area contributed by atoms with E-state index in [1.54, 1.807) is 30.6 Å². The zero-order valence-electron chi connectivity index (χ0n) is 22.1. The van der Waals surface area contributed by atoms with E-state index in [0.717, 1.165) is 0 Å². The van der Waals surface area contributed by atoms with Gasteiger partial charge in [-0.15, -0.1) is 0 Å². The van der Waals surface area contributed by atoms with Crippen LogP contribution in [-0.2, 0) is 17.9 Å². The number of fused-ring (bicyclic) bond motifs is 1. The van der Waals surface area contributed by atoms with Crippen molar-refractivity contribution in [1.29, 1.82) is 0 Å². The van der Waals surface area contributed by atoms with Crippen molar-refractivity contribution in [1.82, 2.24) is 39.5 Å². The number of halogens is 2. The zero-order chi connectivity index (χ0) is 28.6. The smallest absolute Gasteiger partial charge is 0.245 e. The standard InChI is InChI=1S/C27H26BrFN8O3/c1-15(38)26-18-8-20(16-9-31-24(32-10-16)13-35(2)3)30-11-22(18)37(34-26)14-25(39)36-12-17(29)7-21(36)27(40)19-5-4-6-23(28)33-19/h4-6,8-11,17,21H,7,12-14H2,1-3H3/t17-,21+/m1/s1. The number of amides is 1. The molecule has 1 aliphatic rings. The zero-order valence-corrected chi connectivity index (χ0v) is 23.7. The molecule has 0 saturated carbocycles. The Kier molecular flexibility index (Phi) is 7.76. The summed E-state index contributed by atoms with van der Waals surface area (Å²) in [6.07, 6.45) is 3.40. The van der Waals surface area contributed by atoms with E-state index in [1.807, 2.05) is 19.0 Å². The van der Waals surface area contributed by atoms with E-state index < -0.39 is 23.9 Å². The molecule has 0 N–H and O–H groups in total. The lowest BCUT2D eigenvalue weighted by Gasteiger charge is -2.23. The SMILES string of the molecule is CC(=O)c1nn(CC(=O)N2C[C@H](F)C[C@H]2C(=O)c2cccc(Br)n2)c2cnc(-c3cnc(CN(C)C)nc3)cc12. The van der Waals surface area contributed by atoms with Crippen molar-refractivity contribution in [3.8, 4) is 11.3 Å². The third kappa shape index (κ3) is 5.65. The molecule has 0 bridgehead atoms. The maximum atomic E-state index is 14.5. The summed E-state index contributed by atoms with van der Waals surface area (Å²) in [5, 5.41) is 4.90. The van der Waals surface area contributed by atoms with Gasteiger partial charge in [-0.25, -0.2) is 19.3 Å². The molecular weight excluding hydrogens is 583 g/mol. The molecule has 13 heteroatoms. The maximum Gasteiger partial charge on any atom is 0.245 e. The monoisotopic (exact) mass is 608 g/mol. The third-order valence-corrected chi connectivity index (χ3v) is 7.00. The minimum atomic E-state index is -1.34. The highest BCUT2D eigenvalue weighted by Gasteiger charge is 2.40. The van der Waals surface area contributed by atoms with Crippen LogP contribution in [0.25, 0.3) is 22.2 Å². The van der Waals surface area contributed by atoms with Crippen LogP contribution >= 0.6 is 15.9 Å². The Balaban J connectivity index is 1.42. The number of aromatic nitrogens is 6. The van der Waals surface area contributed by atoms with Gasteiger partial charge in [0.1, 0.15) is 34.5 Å². The quantitative estimate of drug-likeness (QED) is 0.219. The number of alkyl halides is 1. The molecule has 0 spiro atoms. The topological polar surface area (TPSA) is 127 Å². The van der Waals surface area contributed by atoms with Crippen molar-refractivity contribution in [3.05, 3.63) is 64.7 Å². The first-order valence-corrected chi connectivity index (χ1v) is 13.3. The summed E-state index contributed by atoms with van der Waals surface area (Å²) in [5.41, 5.74) is 1.98. The third-order valence-electron chi connectivity index (χ3n) is 6.55. The second kappa shape index (κ2) is 11.3. The van der Waals surface area contributed by atoms with Crippen molar-refractivity contribution in [2.75, 3.05) is 20.6 Å². The largest absolute Gasteiger partial charge is 0.328 e. The summed E-state index contributed by atoms with van der Waals surface area (Å²) >= 11 is 3.24. The average molecular weight is 609 g/mol. The van der Waals surface area contributed by atoms with Gasteiger partial charge in [0.25, 0.3) is 0 Å². The van der Waals surface area contributed by atoms with Gasteiger partial charge in [0, 0.05) is 36.7 Å². The van der Waals surface area contributed by atoms with Crippen molar-refractivity contribution in [3.63, 3.8) is 0 Å². The summed E-state index contributed by atoms with van der Waals surface area (Å²) < 4.78 is 16.3. The Labute approximate surface area is 237 Å². The first kappa shape index (κ1) is 27.6. The molecule has 4 aromatic heterocycles. The van der Waals surface area contributed by atoms with Gasteiger partial charge in [-0.3, -0.25) is 24.0 Å². The lowest BCUT2D eigenvalue weighted by Crippen LogP contribution is -2.42. The number of carbonyl (C=O) groups excluding carboxylic acids is 3. The molecule has 0 aromatic carbocycles. The van der Waals surface area contributed by atoms with Gasteiger partial charge in [-0.05, 0) is 48.2 Å². The number of hydrogen-bond acceptors (Lipinski definition) is 9. The van der Waals surface area contributed by atoms with Crippen LogP contribution in [0.1, 0.15) is 40.1 Å². The predicted octanol–water partition coefficient (Wildman–Crippen LogP) is 3.13. The van der Waals surface area contributed by atoms with Crippen LogP contribution in [0.5, 0.6) is 0 Å². The summed E-state index contributed by atoms with van der Waals surface area (Å²) in [6, 6.07) is 5.59. The highest BCUT2D eigenvalue weighted by molar-refractivity contribution is 9.10. The first-order valence-electron chi connectivity index (χ1n) is 12.5. The molecule has 5 rings (SSSR count). The van der Waals surface area contributed by atoms with Crippen LogP contribution in [0.15, 0.2) is 47.5 Å². The normalized spacial score (nSPS) is 17.1. The van der Waals surface area contributed by atoms with Gasteiger partial charge in [-0.1, -0.05) is 6.07 Å². The molecule has 40 heavy (non-hydrogen) atoms. The number of likely N-dealkylation sites (tertiary alicyclic amines) is 1. The van der Waals surface area contributed by atoms with Gasteiger partial charge < -0.3 is 9.80 Å². The molecule has 0 unspecified atom stereocenters. The van der Waals surface area contributed by atoms with Crippen LogP contribution < -0.4 is 0 Å². The van der Waals surface area contributed by atoms with Crippen LogP contribution in [0.2, 0.25) is 0 Å². The second-order valence-electron chi connectivity index (χ2n) is 9.88. The summed E-state index contributed by atoms with van der Waals surface area (Å²) in [7, 11) is 3.85. The Morgan fingerprint density at radius 1 is 1.12 bits per heavy atom. The van der Waals surface area contributed by atoms with E-state index in [-0.39, 0.29) is 36.7 Å². The minimum Gasteiger partial charge on any atom is -0.328 e. The fourth-order valence-electron chi connectivity index (χ4n) is 4.71. The number of carbonyl (C=O) groups is 3. The van der Waals surface area contributed by atoms with Crippen LogP contribution in [-0.4, -0.2) is 89.8 Å². The molecule has 206 valence electrons. The average Bonchev–Trinajstić information content (AvgIpc) is 3.48. The molecule has 4 aromatic rings.